The number of rotatable bonds is 6. The summed E-state index contributed by atoms with van der Waals surface area (Å²) in [7, 11) is 0. The lowest BCUT2D eigenvalue weighted by atomic mass is 9.76. The lowest BCUT2D eigenvalue weighted by Crippen LogP contribution is -2.52. The second kappa shape index (κ2) is 9.90. The highest BCUT2D eigenvalue weighted by molar-refractivity contribution is 5.70. The highest BCUT2D eigenvalue weighted by Gasteiger charge is 2.44. The number of piperidine rings is 1. The normalized spacial score (nSPS) is 20.0. The van der Waals surface area contributed by atoms with Gasteiger partial charge in [-0.1, -0.05) is 18.2 Å². The minimum atomic E-state index is -0.499. The molecule has 1 amide bonds. The summed E-state index contributed by atoms with van der Waals surface area (Å²) in [6.07, 6.45) is 2.94. The molecule has 7 nitrogen and oxygen atoms in total. The Morgan fingerprint density at radius 1 is 1.19 bits per heavy atom. The van der Waals surface area contributed by atoms with Crippen LogP contribution in [0.1, 0.15) is 64.9 Å². The minimum absolute atomic E-state index is 0.0191. The standard InChI is InChI=1S/C24H35NO6/c1-5-29-21(26)17-28-15-10-18-16-24(30-20-9-7-6-8-19(18)20)11-13-25(14-12-24)22(27)31-23(2,3)4/h6-9,18H,5,10-17H2,1-4H3. The van der Waals surface area contributed by atoms with E-state index in [-0.39, 0.29) is 30.2 Å². The van der Waals surface area contributed by atoms with Crippen molar-refractivity contribution in [1.82, 2.24) is 4.90 Å². The van der Waals surface area contributed by atoms with Crippen LogP contribution in [0.3, 0.4) is 0 Å². The lowest BCUT2D eigenvalue weighted by molar-refractivity contribution is -0.148. The number of fused-ring (bicyclic) bond motifs is 1. The summed E-state index contributed by atoms with van der Waals surface area (Å²) in [5.41, 5.74) is 0.391. The molecule has 1 saturated heterocycles. The maximum atomic E-state index is 12.4. The van der Waals surface area contributed by atoms with Crippen molar-refractivity contribution in [3.8, 4) is 5.75 Å². The number of carbonyl (C=O) groups excluding carboxylic acids is 2. The van der Waals surface area contributed by atoms with Crippen LogP contribution in [0.15, 0.2) is 24.3 Å². The first kappa shape index (κ1) is 23.4. The van der Waals surface area contributed by atoms with E-state index in [0.29, 0.717) is 26.3 Å². The maximum absolute atomic E-state index is 12.4. The van der Waals surface area contributed by atoms with Crippen molar-refractivity contribution < 1.29 is 28.5 Å². The van der Waals surface area contributed by atoms with Gasteiger partial charge >= 0.3 is 12.1 Å². The Kier molecular flexibility index (Phi) is 7.46. The second-order valence-electron chi connectivity index (χ2n) is 9.34. The zero-order chi connectivity index (χ0) is 22.5. The highest BCUT2D eigenvalue weighted by atomic mass is 16.6. The molecule has 1 unspecified atom stereocenters. The maximum Gasteiger partial charge on any atom is 0.410 e. The van der Waals surface area contributed by atoms with Gasteiger partial charge in [0.1, 0.15) is 23.6 Å². The average molecular weight is 434 g/mol. The van der Waals surface area contributed by atoms with Crippen molar-refractivity contribution in [2.75, 3.05) is 32.9 Å². The summed E-state index contributed by atoms with van der Waals surface area (Å²) in [5, 5.41) is 0. The summed E-state index contributed by atoms with van der Waals surface area (Å²) in [6.45, 7) is 9.48. The van der Waals surface area contributed by atoms with Gasteiger partial charge in [0.15, 0.2) is 0 Å². The molecule has 1 aromatic carbocycles. The SMILES string of the molecule is CCOC(=O)COCCC1CC2(CCN(C(=O)OC(C)(C)C)CC2)Oc2ccccc21. The van der Waals surface area contributed by atoms with Crippen molar-refractivity contribution in [1.29, 1.82) is 0 Å². The van der Waals surface area contributed by atoms with Crippen molar-refractivity contribution in [3.05, 3.63) is 29.8 Å². The molecule has 0 radical (unpaired) electrons. The smallest absolute Gasteiger partial charge is 0.410 e. The Bertz CT molecular complexity index is 764. The van der Waals surface area contributed by atoms with Gasteiger partial charge in [-0.2, -0.15) is 0 Å². The largest absolute Gasteiger partial charge is 0.487 e. The molecule has 1 aromatic rings. The van der Waals surface area contributed by atoms with E-state index in [2.05, 4.69) is 6.07 Å². The molecule has 2 aliphatic rings. The predicted molar refractivity (Wildman–Crippen MR) is 116 cm³/mol. The number of para-hydroxylation sites is 1. The van der Waals surface area contributed by atoms with Crippen molar-refractivity contribution >= 4 is 12.1 Å². The van der Waals surface area contributed by atoms with Crippen LogP contribution < -0.4 is 4.74 Å². The number of nitrogens with zero attached hydrogens (tertiary/aromatic N) is 1. The molecular formula is C24H35NO6. The van der Waals surface area contributed by atoms with Gasteiger partial charge in [0.25, 0.3) is 0 Å². The van der Waals surface area contributed by atoms with Gasteiger partial charge < -0.3 is 23.8 Å². The fourth-order valence-corrected chi connectivity index (χ4v) is 4.32. The van der Waals surface area contributed by atoms with Gasteiger partial charge in [-0.25, -0.2) is 9.59 Å². The highest BCUT2D eigenvalue weighted by Crippen LogP contribution is 2.46. The third kappa shape index (κ3) is 6.35. The summed E-state index contributed by atoms with van der Waals surface area (Å²) < 4.78 is 22.5. The third-order valence-corrected chi connectivity index (χ3v) is 5.77. The molecule has 0 saturated carbocycles. The summed E-state index contributed by atoms with van der Waals surface area (Å²) in [4.78, 5) is 25.7. The number of amides is 1. The van der Waals surface area contributed by atoms with Gasteiger partial charge in [-0.05, 0) is 58.1 Å². The topological polar surface area (TPSA) is 74.3 Å². The van der Waals surface area contributed by atoms with Crippen LogP contribution in [-0.4, -0.2) is 61.1 Å². The van der Waals surface area contributed by atoms with Crippen LogP contribution in [0.2, 0.25) is 0 Å². The zero-order valence-corrected chi connectivity index (χ0v) is 19.1. The minimum Gasteiger partial charge on any atom is -0.487 e. The molecule has 31 heavy (non-hydrogen) atoms. The molecule has 3 rings (SSSR count). The molecule has 0 aromatic heterocycles. The molecule has 0 bridgehead atoms. The molecular weight excluding hydrogens is 398 g/mol. The summed E-state index contributed by atoms with van der Waals surface area (Å²) in [5.74, 6) is 0.857. The number of benzene rings is 1. The number of carbonyl (C=O) groups is 2. The van der Waals surface area contributed by atoms with Gasteiger partial charge in [-0.3, -0.25) is 0 Å². The molecule has 2 heterocycles. The number of ether oxygens (including phenoxy) is 4. The van der Waals surface area contributed by atoms with Gasteiger partial charge in [-0.15, -0.1) is 0 Å². The molecule has 1 fully saturated rings. The molecule has 1 spiro atoms. The third-order valence-electron chi connectivity index (χ3n) is 5.77. The first-order valence-electron chi connectivity index (χ1n) is 11.2. The van der Waals surface area contributed by atoms with Crippen LogP contribution in [0.4, 0.5) is 4.79 Å². The first-order valence-corrected chi connectivity index (χ1v) is 11.2. The van der Waals surface area contributed by atoms with Crippen molar-refractivity contribution in [2.45, 2.75) is 70.5 Å². The van der Waals surface area contributed by atoms with Crippen LogP contribution in [0, 0.1) is 0 Å². The Morgan fingerprint density at radius 3 is 2.58 bits per heavy atom. The average Bonchev–Trinajstić information content (AvgIpc) is 2.70. The second-order valence-corrected chi connectivity index (χ2v) is 9.34. The predicted octanol–water partition coefficient (Wildman–Crippen LogP) is 4.29. The monoisotopic (exact) mass is 433 g/mol. The molecule has 1 atom stereocenters. The van der Waals surface area contributed by atoms with E-state index >= 15 is 0 Å². The number of hydrogen-bond donors (Lipinski definition) is 0. The molecule has 0 aliphatic carbocycles. The van der Waals surface area contributed by atoms with E-state index in [1.54, 1.807) is 11.8 Å². The van der Waals surface area contributed by atoms with Crippen LogP contribution in [0.25, 0.3) is 0 Å². The van der Waals surface area contributed by atoms with Gasteiger partial charge in [0.05, 0.1) is 6.61 Å². The first-order chi connectivity index (χ1) is 14.7. The van der Waals surface area contributed by atoms with Crippen molar-refractivity contribution in [2.24, 2.45) is 0 Å². The van der Waals surface area contributed by atoms with Crippen molar-refractivity contribution in [3.63, 3.8) is 0 Å². The van der Waals surface area contributed by atoms with E-state index in [4.69, 9.17) is 18.9 Å². The fraction of sp³-hybridized carbons (Fsp3) is 0.667. The van der Waals surface area contributed by atoms with E-state index in [0.717, 1.165) is 31.4 Å². The fourth-order valence-electron chi connectivity index (χ4n) is 4.32. The summed E-state index contributed by atoms with van der Waals surface area (Å²) in [6, 6.07) is 8.14. The van der Waals surface area contributed by atoms with Gasteiger partial charge in [0.2, 0.25) is 0 Å². The van der Waals surface area contributed by atoms with Gasteiger partial charge in [0, 0.05) is 32.5 Å². The Morgan fingerprint density at radius 2 is 1.90 bits per heavy atom. The zero-order valence-electron chi connectivity index (χ0n) is 19.1. The number of esters is 1. The Hall–Kier alpha value is -2.28. The quantitative estimate of drug-likeness (QED) is 0.492. The molecule has 0 N–H and O–H groups in total. The van der Waals surface area contributed by atoms with E-state index in [9.17, 15) is 9.59 Å². The van der Waals surface area contributed by atoms with Crippen LogP contribution >= 0.6 is 0 Å². The van der Waals surface area contributed by atoms with E-state index in [1.165, 1.54) is 5.56 Å². The number of likely N-dealkylation sites (tertiary alicyclic amines) is 1. The Labute approximate surface area is 185 Å². The van der Waals surface area contributed by atoms with Crippen LogP contribution in [0.5, 0.6) is 5.75 Å². The lowest BCUT2D eigenvalue weighted by Gasteiger charge is -2.47. The Balaban J connectivity index is 1.60. The van der Waals surface area contributed by atoms with E-state index in [1.807, 2.05) is 39.0 Å². The molecule has 7 heteroatoms. The molecule has 172 valence electrons. The molecule has 2 aliphatic heterocycles. The number of hydrogen-bond acceptors (Lipinski definition) is 6. The van der Waals surface area contributed by atoms with Crippen LogP contribution in [-0.2, 0) is 19.0 Å². The summed E-state index contributed by atoms with van der Waals surface area (Å²) >= 11 is 0. The van der Waals surface area contributed by atoms with E-state index < -0.39 is 5.60 Å².